The minimum atomic E-state index is -4.65. The van der Waals surface area contributed by atoms with E-state index in [0.29, 0.717) is 23.9 Å². The Labute approximate surface area is 429 Å². The van der Waals surface area contributed by atoms with E-state index in [4.69, 9.17) is 18.5 Å². The van der Waals surface area contributed by atoms with Crippen LogP contribution in [0.1, 0.15) is 206 Å². The van der Waals surface area contributed by atoms with Crippen LogP contribution < -0.4 is 4.89 Å². The van der Waals surface area contributed by atoms with E-state index in [0.717, 1.165) is 109 Å². The Hall–Kier alpha value is -3.33. The summed E-state index contributed by atoms with van der Waals surface area (Å²) in [5.41, 5.74) is 0. The van der Waals surface area contributed by atoms with Gasteiger partial charge in [0.05, 0.1) is 27.7 Å². The number of carbonyl (C=O) groups is 2. The molecule has 0 saturated carbocycles. The van der Waals surface area contributed by atoms with E-state index < -0.39 is 32.5 Å². The number of phosphoric ester groups is 1. The fourth-order valence-electron chi connectivity index (χ4n) is 7.08. The highest BCUT2D eigenvalue weighted by atomic mass is 31.2. The number of esters is 2. The Kier molecular flexibility index (Phi) is 48.2. The topological polar surface area (TPSA) is 111 Å². The van der Waals surface area contributed by atoms with Gasteiger partial charge in [-0.1, -0.05) is 207 Å². The maximum absolute atomic E-state index is 12.8. The summed E-state index contributed by atoms with van der Waals surface area (Å²) in [7, 11) is 1.14. The molecule has 0 aliphatic heterocycles. The normalized spacial score (nSPS) is 14.2. The number of phosphoric acid groups is 1. The van der Waals surface area contributed by atoms with Gasteiger partial charge in [-0.05, 0) is 96.3 Å². The van der Waals surface area contributed by atoms with Gasteiger partial charge in [-0.2, -0.15) is 0 Å². The number of unbranched alkanes of at least 4 members (excludes halogenated alkanes) is 17. The van der Waals surface area contributed by atoms with E-state index in [1.807, 2.05) is 21.1 Å². The summed E-state index contributed by atoms with van der Waals surface area (Å²) >= 11 is 0. The van der Waals surface area contributed by atoms with Crippen LogP contribution in [-0.4, -0.2) is 70.0 Å². The molecule has 0 aliphatic carbocycles. The highest BCUT2D eigenvalue weighted by molar-refractivity contribution is 7.45. The Morgan fingerprint density at radius 1 is 0.443 bits per heavy atom. The molecular formula is C60H102NO8P. The first-order valence-electron chi connectivity index (χ1n) is 27.6. The van der Waals surface area contributed by atoms with Gasteiger partial charge < -0.3 is 27.9 Å². The number of likely N-dealkylation sites (N-methyl/N-ethyl adjacent to an activating group) is 1. The van der Waals surface area contributed by atoms with Crippen molar-refractivity contribution in [2.45, 2.75) is 213 Å². The number of carbonyl (C=O) groups excluding carboxylic acids is 2. The fraction of sp³-hybridized carbons (Fsp3) is 0.667. The van der Waals surface area contributed by atoms with Crippen molar-refractivity contribution >= 4 is 19.8 Å². The second-order valence-corrected chi connectivity index (χ2v) is 20.6. The van der Waals surface area contributed by atoms with Gasteiger partial charge in [0, 0.05) is 12.8 Å². The minimum absolute atomic E-state index is 0.0395. The molecule has 0 radical (unpaired) electrons. The number of nitrogens with zero attached hydrogens (tertiary/aromatic N) is 1. The van der Waals surface area contributed by atoms with E-state index in [1.54, 1.807) is 0 Å². The second-order valence-electron chi connectivity index (χ2n) is 19.2. The van der Waals surface area contributed by atoms with Crippen molar-refractivity contribution in [1.82, 2.24) is 0 Å². The molecule has 9 nitrogen and oxygen atoms in total. The van der Waals surface area contributed by atoms with Crippen molar-refractivity contribution in [1.29, 1.82) is 0 Å². The molecule has 0 fully saturated rings. The first-order valence-corrected chi connectivity index (χ1v) is 29.1. The third-order valence-corrected chi connectivity index (χ3v) is 12.3. The van der Waals surface area contributed by atoms with Gasteiger partial charge in [0.2, 0.25) is 0 Å². The summed E-state index contributed by atoms with van der Waals surface area (Å²) in [6.07, 6.45) is 69.7. The maximum Gasteiger partial charge on any atom is 0.306 e. The van der Waals surface area contributed by atoms with Crippen LogP contribution in [0.2, 0.25) is 0 Å². The molecule has 400 valence electrons. The molecular weight excluding hydrogens is 894 g/mol. The zero-order valence-corrected chi connectivity index (χ0v) is 46.1. The van der Waals surface area contributed by atoms with Crippen LogP contribution in [-0.2, 0) is 32.7 Å². The van der Waals surface area contributed by atoms with Gasteiger partial charge in [-0.15, -0.1) is 0 Å². The molecule has 0 saturated heterocycles. The molecule has 0 aromatic carbocycles. The van der Waals surface area contributed by atoms with Gasteiger partial charge in [-0.25, -0.2) is 0 Å². The molecule has 0 aromatic rings. The molecule has 0 N–H and O–H groups in total. The average molecular weight is 996 g/mol. The minimum Gasteiger partial charge on any atom is -0.756 e. The van der Waals surface area contributed by atoms with Crippen molar-refractivity contribution in [3.8, 4) is 0 Å². The molecule has 0 aromatic heterocycles. The maximum atomic E-state index is 12.8. The van der Waals surface area contributed by atoms with Crippen LogP contribution in [0, 0.1) is 0 Å². The van der Waals surface area contributed by atoms with Crippen LogP contribution in [0.25, 0.3) is 0 Å². The van der Waals surface area contributed by atoms with Crippen LogP contribution in [0.3, 0.4) is 0 Å². The molecule has 10 heteroatoms. The van der Waals surface area contributed by atoms with Crippen LogP contribution >= 0.6 is 7.82 Å². The van der Waals surface area contributed by atoms with E-state index in [-0.39, 0.29) is 26.1 Å². The summed E-state index contributed by atoms with van der Waals surface area (Å²) in [6, 6.07) is 0. The van der Waals surface area contributed by atoms with Gasteiger partial charge >= 0.3 is 11.9 Å². The van der Waals surface area contributed by atoms with Gasteiger partial charge in [0.25, 0.3) is 7.82 Å². The third kappa shape index (κ3) is 54.0. The van der Waals surface area contributed by atoms with Crippen molar-refractivity contribution in [3.63, 3.8) is 0 Å². The largest absolute Gasteiger partial charge is 0.756 e. The Morgan fingerprint density at radius 3 is 1.14 bits per heavy atom. The number of hydrogen-bond acceptors (Lipinski definition) is 8. The van der Waals surface area contributed by atoms with Crippen LogP contribution in [0.15, 0.2) is 109 Å². The standard InChI is InChI=1S/C60H102NO8P/c1-6-8-10-12-14-16-18-20-22-24-26-28-29-30-31-33-35-37-39-41-43-45-47-49-51-53-60(63)69-58(57-68-70(64,65)67-55-54-61(3,4)5)56-66-59(62)52-50-48-46-44-42-40-38-36-34-32-27-25-23-21-19-17-15-13-11-9-7-2/h8-11,14-17,20-23,26-28,30-32,58H,6-7,12-13,18-19,24-25,29,33-57H2,1-5H3/b10-8-,11-9-,16-14-,17-15-,22-20-,23-21-,28-26-,31-30-,32-27-. The van der Waals surface area contributed by atoms with Crippen LogP contribution in [0.5, 0.6) is 0 Å². The van der Waals surface area contributed by atoms with Gasteiger partial charge in [0.15, 0.2) is 6.10 Å². The predicted octanol–water partition coefficient (Wildman–Crippen LogP) is 16.4. The van der Waals surface area contributed by atoms with Gasteiger partial charge in [-0.3, -0.25) is 14.2 Å². The number of rotatable bonds is 49. The number of hydrogen-bond donors (Lipinski definition) is 0. The summed E-state index contributed by atoms with van der Waals surface area (Å²) < 4.78 is 34.1. The summed E-state index contributed by atoms with van der Waals surface area (Å²) in [5.74, 6) is -0.856. The molecule has 0 spiro atoms. The molecule has 0 amide bonds. The Balaban J connectivity index is 4.25. The zero-order valence-electron chi connectivity index (χ0n) is 45.2. The van der Waals surface area contributed by atoms with E-state index in [1.165, 1.54) is 57.8 Å². The monoisotopic (exact) mass is 996 g/mol. The highest BCUT2D eigenvalue weighted by Crippen LogP contribution is 2.38. The molecule has 0 bridgehead atoms. The summed E-state index contributed by atoms with van der Waals surface area (Å²) in [4.78, 5) is 37.8. The smallest absolute Gasteiger partial charge is 0.306 e. The molecule has 70 heavy (non-hydrogen) atoms. The second kappa shape index (κ2) is 50.6. The van der Waals surface area contributed by atoms with Crippen molar-refractivity contribution in [2.24, 2.45) is 0 Å². The summed E-state index contributed by atoms with van der Waals surface area (Å²) in [5, 5.41) is 0. The Morgan fingerprint density at radius 2 is 0.771 bits per heavy atom. The van der Waals surface area contributed by atoms with Crippen LogP contribution in [0.4, 0.5) is 0 Å². The predicted molar refractivity (Wildman–Crippen MR) is 295 cm³/mol. The van der Waals surface area contributed by atoms with Crippen molar-refractivity contribution in [2.75, 3.05) is 47.5 Å². The lowest BCUT2D eigenvalue weighted by atomic mass is 10.1. The lowest BCUT2D eigenvalue weighted by Crippen LogP contribution is -2.37. The lowest BCUT2D eigenvalue weighted by Gasteiger charge is -2.28. The molecule has 2 unspecified atom stereocenters. The molecule has 0 heterocycles. The Bertz CT molecular complexity index is 1550. The van der Waals surface area contributed by atoms with Crippen molar-refractivity contribution in [3.05, 3.63) is 109 Å². The number of quaternary nitrogens is 1. The van der Waals surface area contributed by atoms with E-state index in [9.17, 15) is 19.0 Å². The average Bonchev–Trinajstić information content (AvgIpc) is 3.32. The number of allylic oxidation sites excluding steroid dienone is 18. The molecule has 0 aliphatic rings. The first kappa shape index (κ1) is 66.7. The summed E-state index contributed by atoms with van der Waals surface area (Å²) in [6.45, 7) is 3.99. The van der Waals surface area contributed by atoms with Crippen molar-refractivity contribution < 1.29 is 42.1 Å². The zero-order chi connectivity index (χ0) is 51.3. The molecule has 2 atom stereocenters. The van der Waals surface area contributed by atoms with Gasteiger partial charge in [0.1, 0.15) is 19.8 Å². The number of ether oxygens (including phenoxy) is 2. The quantitative estimate of drug-likeness (QED) is 0.0195. The fourth-order valence-corrected chi connectivity index (χ4v) is 7.81. The lowest BCUT2D eigenvalue weighted by molar-refractivity contribution is -0.870. The SMILES string of the molecule is CC/C=C\C/C=C\C/C=C\C/C=C\C/C=C\CCCCCCCCCCCC(=O)OC(COC(=O)CCCCCCCCCC/C=C\C/C=C\C/C=C\C/C=C\CC)COP(=O)([O-])OCC[N+](C)(C)C. The first-order chi connectivity index (χ1) is 34.0. The van der Waals surface area contributed by atoms with E-state index >= 15 is 0 Å². The molecule has 0 rings (SSSR count). The highest BCUT2D eigenvalue weighted by Gasteiger charge is 2.21. The third-order valence-electron chi connectivity index (χ3n) is 11.3. The van der Waals surface area contributed by atoms with E-state index in [2.05, 4.69) is 123 Å².